The number of nitrogens with zero attached hydrogens (tertiary/aromatic N) is 1. The fourth-order valence-electron chi connectivity index (χ4n) is 2.00. The highest BCUT2D eigenvalue weighted by molar-refractivity contribution is 6.16. The summed E-state index contributed by atoms with van der Waals surface area (Å²) in [5.41, 5.74) is 6.21. The fourth-order valence-corrected chi connectivity index (χ4v) is 2.00. The Labute approximate surface area is 110 Å². The Balaban J connectivity index is 2.17. The van der Waals surface area contributed by atoms with E-state index >= 15 is 0 Å². The Morgan fingerprint density at radius 3 is 2.47 bits per heavy atom. The molecule has 1 unspecified atom stereocenters. The fraction of sp³-hybridized carbons (Fsp3) is 0.308. The zero-order valence-electron chi connectivity index (χ0n) is 10.3. The van der Waals surface area contributed by atoms with Gasteiger partial charge in [0.2, 0.25) is 11.8 Å². The average Bonchev–Trinajstić information content (AvgIpc) is 2.41. The summed E-state index contributed by atoms with van der Waals surface area (Å²) >= 11 is 0. The van der Waals surface area contributed by atoms with Gasteiger partial charge in [-0.1, -0.05) is 30.3 Å². The SMILES string of the molecule is NCCC1C(=O)NC(=O)N(Cc2ccccc2)C1=O. The van der Waals surface area contributed by atoms with Gasteiger partial charge in [0.25, 0.3) is 0 Å². The van der Waals surface area contributed by atoms with Crippen LogP contribution in [-0.4, -0.2) is 29.3 Å². The first kappa shape index (κ1) is 13.2. The highest BCUT2D eigenvalue weighted by Gasteiger charge is 2.39. The number of barbiturate groups is 1. The molecule has 6 nitrogen and oxygen atoms in total. The van der Waals surface area contributed by atoms with E-state index in [1.807, 2.05) is 30.3 Å². The van der Waals surface area contributed by atoms with Crippen molar-refractivity contribution < 1.29 is 14.4 Å². The average molecular weight is 261 g/mol. The van der Waals surface area contributed by atoms with Gasteiger partial charge in [-0.15, -0.1) is 0 Å². The van der Waals surface area contributed by atoms with Crippen LogP contribution in [0.1, 0.15) is 12.0 Å². The Kier molecular flexibility index (Phi) is 3.91. The molecule has 1 fully saturated rings. The van der Waals surface area contributed by atoms with Gasteiger partial charge >= 0.3 is 6.03 Å². The molecule has 6 heteroatoms. The van der Waals surface area contributed by atoms with E-state index in [1.165, 1.54) is 0 Å². The standard InChI is InChI=1S/C13H15N3O3/c14-7-6-10-11(17)15-13(19)16(12(10)18)8-9-4-2-1-3-5-9/h1-5,10H,6-8,14H2,(H,15,17,19). The van der Waals surface area contributed by atoms with E-state index in [4.69, 9.17) is 5.73 Å². The Morgan fingerprint density at radius 2 is 1.84 bits per heavy atom. The Morgan fingerprint density at radius 1 is 1.16 bits per heavy atom. The largest absolute Gasteiger partial charge is 0.331 e. The Hall–Kier alpha value is -2.21. The minimum absolute atomic E-state index is 0.153. The van der Waals surface area contributed by atoms with Crippen molar-refractivity contribution in [1.82, 2.24) is 10.2 Å². The van der Waals surface area contributed by atoms with Crippen molar-refractivity contribution in [3.05, 3.63) is 35.9 Å². The van der Waals surface area contributed by atoms with Crippen molar-refractivity contribution in [1.29, 1.82) is 0 Å². The maximum atomic E-state index is 12.1. The molecule has 1 saturated heterocycles. The third-order valence-electron chi connectivity index (χ3n) is 2.99. The van der Waals surface area contributed by atoms with E-state index in [1.54, 1.807) is 0 Å². The van der Waals surface area contributed by atoms with Crippen LogP contribution in [0.25, 0.3) is 0 Å². The van der Waals surface area contributed by atoms with E-state index in [0.717, 1.165) is 10.5 Å². The van der Waals surface area contributed by atoms with Crippen LogP contribution in [0.15, 0.2) is 30.3 Å². The van der Waals surface area contributed by atoms with Crippen molar-refractivity contribution in [3.63, 3.8) is 0 Å². The maximum Gasteiger partial charge on any atom is 0.331 e. The van der Waals surface area contributed by atoms with Gasteiger partial charge in [-0.2, -0.15) is 0 Å². The van der Waals surface area contributed by atoms with E-state index in [-0.39, 0.29) is 19.5 Å². The number of imide groups is 2. The van der Waals surface area contributed by atoms with Crippen LogP contribution in [-0.2, 0) is 16.1 Å². The lowest BCUT2D eigenvalue weighted by atomic mass is 10.0. The molecule has 0 aliphatic carbocycles. The van der Waals surface area contributed by atoms with Crippen molar-refractivity contribution in [3.8, 4) is 0 Å². The first-order valence-electron chi connectivity index (χ1n) is 6.03. The van der Waals surface area contributed by atoms with Gasteiger partial charge in [0.05, 0.1) is 6.54 Å². The van der Waals surface area contributed by atoms with Crippen molar-refractivity contribution in [2.24, 2.45) is 11.7 Å². The van der Waals surface area contributed by atoms with Crippen LogP contribution in [0.3, 0.4) is 0 Å². The number of amides is 4. The van der Waals surface area contributed by atoms with Gasteiger partial charge in [-0.25, -0.2) is 4.79 Å². The van der Waals surface area contributed by atoms with Gasteiger partial charge in [0.1, 0.15) is 5.92 Å². The quantitative estimate of drug-likeness (QED) is 0.759. The van der Waals surface area contributed by atoms with Crippen molar-refractivity contribution in [2.75, 3.05) is 6.54 Å². The zero-order chi connectivity index (χ0) is 13.8. The van der Waals surface area contributed by atoms with Crippen LogP contribution in [0, 0.1) is 5.92 Å². The number of hydrogen-bond donors (Lipinski definition) is 2. The van der Waals surface area contributed by atoms with E-state index in [2.05, 4.69) is 5.32 Å². The van der Waals surface area contributed by atoms with E-state index in [0.29, 0.717) is 0 Å². The number of nitrogens with one attached hydrogen (secondary N) is 1. The second-order valence-electron chi connectivity index (χ2n) is 4.33. The van der Waals surface area contributed by atoms with Crippen LogP contribution in [0.4, 0.5) is 4.79 Å². The number of nitrogens with two attached hydrogens (primary N) is 1. The molecule has 19 heavy (non-hydrogen) atoms. The number of rotatable bonds is 4. The normalized spacial score (nSPS) is 19.5. The first-order valence-corrected chi connectivity index (χ1v) is 6.03. The van der Waals surface area contributed by atoms with E-state index in [9.17, 15) is 14.4 Å². The predicted octanol–water partition coefficient (Wildman–Crippen LogP) is 0.230. The highest BCUT2D eigenvalue weighted by atomic mass is 16.2. The minimum Gasteiger partial charge on any atom is -0.330 e. The number of urea groups is 1. The number of carbonyl (C=O) groups is 3. The molecule has 1 aromatic rings. The molecule has 100 valence electrons. The number of hydrogen-bond acceptors (Lipinski definition) is 4. The minimum atomic E-state index is -0.869. The highest BCUT2D eigenvalue weighted by Crippen LogP contribution is 2.16. The van der Waals surface area contributed by atoms with Gasteiger partial charge in [-0.05, 0) is 18.5 Å². The van der Waals surface area contributed by atoms with Gasteiger partial charge in [0, 0.05) is 0 Å². The molecule has 1 aliphatic rings. The molecule has 0 bridgehead atoms. The summed E-state index contributed by atoms with van der Waals surface area (Å²) in [6.07, 6.45) is 0.239. The monoisotopic (exact) mass is 261 g/mol. The summed E-state index contributed by atoms with van der Waals surface area (Å²) in [7, 11) is 0. The molecule has 1 aliphatic heterocycles. The Bertz CT molecular complexity index is 501. The molecule has 0 radical (unpaired) electrons. The molecule has 1 aromatic carbocycles. The van der Waals surface area contributed by atoms with Crippen LogP contribution in [0.5, 0.6) is 0 Å². The van der Waals surface area contributed by atoms with Gasteiger partial charge in [-0.3, -0.25) is 19.8 Å². The van der Waals surface area contributed by atoms with Crippen LogP contribution >= 0.6 is 0 Å². The summed E-state index contributed by atoms with van der Waals surface area (Å²) in [6.45, 7) is 0.372. The zero-order valence-corrected chi connectivity index (χ0v) is 10.3. The second kappa shape index (κ2) is 5.62. The molecule has 1 heterocycles. The second-order valence-corrected chi connectivity index (χ2v) is 4.33. The lowest BCUT2D eigenvalue weighted by molar-refractivity contribution is -0.143. The summed E-state index contributed by atoms with van der Waals surface area (Å²) in [4.78, 5) is 36.5. The lowest BCUT2D eigenvalue weighted by Gasteiger charge is -2.30. The van der Waals surface area contributed by atoms with E-state index < -0.39 is 23.8 Å². The molecule has 0 aromatic heterocycles. The molecule has 2 rings (SSSR count). The van der Waals surface area contributed by atoms with Crippen LogP contribution in [0.2, 0.25) is 0 Å². The predicted molar refractivity (Wildman–Crippen MR) is 67.7 cm³/mol. The molecular weight excluding hydrogens is 246 g/mol. The molecule has 1 atom stereocenters. The number of carbonyl (C=O) groups excluding carboxylic acids is 3. The maximum absolute atomic E-state index is 12.1. The van der Waals surface area contributed by atoms with Gasteiger partial charge < -0.3 is 5.73 Å². The lowest BCUT2D eigenvalue weighted by Crippen LogP contribution is -2.57. The third kappa shape index (κ3) is 2.79. The first-order chi connectivity index (χ1) is 9.13. The van der Waals surface area contributed by atoms with Gasteiger partial charge in [0.15, 0.2) is 0 Å². The number of benzene rings is 1. The summed E-state index contributed by atoms with van der Waals surface area (Å²) in [6, 6.07) is 8.45. The molecule has 0 saturated carbocycles. The van der Waals surface area contributed by atoms with Crippen molar-refractivity contribution >= 4 is 17.8 Å². The molecule has 4 amide bonds. The van der Waals surface area contributed by atoms with Crippen LogP contribution < -0.4 is 11.1 Å². The molecular formula is C13H15N3O3. The third-order valence-corrected chi connectivity index (χ3v) is 2.99. The summed E-state index contributed by atoms with van der Waals surface area (Å²) < 4.78 is 0. The molecule has 0 spiro atoms. The summed E-state index contributed by atoms with van der Waals surface area (Å²) in [5, 5.41) is 2.19. The topological polar surface area (TPSA) is 92.5 Å². The summed E-state index contributed by atoms with van der Waals surface area (Å²) in [5.74, 6) is -1.92. The van der Waals surface area contributed by atoms with Crippen molar-refractivity contribution in [2.45, 2.75) is 13.0 Å². The molecule has 3 N–H and O–H groups in total. The smallest absolute Gasteiger partial charge is 0.330 e.